The molecule has 0 saturated heterocycles. The van der Waals surface area contributed by atoms with Crippen LogP contribution in [0.3, 0.4) is 0 Å². The number of oxime groups is 1. The van der Waals surface area contributed by atoms with E-state index < -0.39 is 11.0 Å². The van der Waals surface area contributed by atoms with Gasteiger partial charge in [-0.1, -0.05) is 12.1 Å². The van der Waals surface area contributed by atoms with Crippen molar-refractivity contribution in [2.75, 3.05) is 5.32 Å². The summed E-state index contributed by atoms with van der Waals surface area (Å²) in [6.45, 7) is 1.69. The van der Waals surface area contributed by atoms with Crippen molar-refractivity contribution >= 4 is 29.7 Å². The van der Waals surface area contributed by atoms with Crippen LogP contribution in [0.1, 0.15) is 18.9 Å². The summed E-state index contributed by atoms with van der Waals surface area (Å²) in [7, 11) is 0. The maximum absolute atomic E-state index is 11.6. The molecule has 134 valence electrons. The molecule has 0 fully saturated rings. The molecule has 0 heterocycles. The number of amides is 1. The van der Waals surface area contributed by atoms with Crippen molar-refractivity contribution in [1.82, 2.24) is 0 Å². The number of nitro groups is 1. The number of nitrogens with zero attached hydrogens (tertiary/aromatic N) is 2. The second-order valence-corrected chi connectivity index (χ2v) is 4.94. The van der Waals surface area contributed by atoms with Crippen molar-refractivity contribution in [1.29, 1.82) is 0 Å². The molecule has 1 amide bonds. The Hall–Kier alpha value is -3.75. The number of nitrogens with one attached hydrogen (secondary N) is 1. The van der Waals surface area contributed by atoms with E-state index in [9.17, 15) is 19.7 Å². The molecule has 0 aromatic heterocycles. The number of esters is 1. The molecule has 2 rings (SSSR count). The summed E-state index contributed by atoms with van der Waals surface area (Å²) < 4.78 is 5.01. The summed E-state index contributed by atoms with van der Waals surface area (Å²) in [6.07, 6.45) is 0.692. The first-order valence-electron chi connectivity index (χ1n) is 7.54. The van der Waals surface area contributed by atoms with Crippen LogP contribution in [0.4, 0.5) is 16.2 Å². The molecular weight excluding hydrogens is 342 g/mol. The lowest BCUT2D eigenvalue weighted by atomic mass is 10.2. The number of ether oxygens (including phenoxy) is 1. The summed E-state index contributed by atoms with van der Waals surface area (Å²) in [6, 6.07) is 11.7. The number of nitro benzene ring substituents is 1. The van der Waals surface area contributed by atoms with E-state index in [0.717, 1.165) is 0 Å². The zero-order valence-electron chi connectivity index (χ0n) is 13.7. The second-order valence-electron chi connectivity index (χ2n) is 4.94. The smallest absolute Gasteiger partial charge is 0.427 e. The molecule has 9 heteroatoms. The summed E-state index contributed by atoms with van der Waals surface area (Å²) in [5, 5.41) is 16.5. The molecule has 26 heavy (non-hydrogen) atoms. The molecule has 9 nitrogen and oxygen atoms in total. The van der Waals surface area contributed by atoms with Gasteiger partial charge in [0, 0.05) is 24.2 Å². The van der Waals surface area contributed by atoms with Crippen molar-refractivity contribution in [2.45, 2.75) is 13.3 Å². The number of hydrogen-bond donors (Lipinski definition) is 1. The second kappa shape index (κ2) is 8.92. The minimum Gasteiger partial charge on any atom is -0.427 e. The quantitative estimate of drug-likeness (QED) is 0.211. The molecule has 0 aliphatic rings. The van der Waals surface area contributed by atoms with Crippen molar-refractivity contribution in [3.8, 4) is 5.75 Å². The van der Waals surface area contributed by atoms with Gasteiger partial charge < -0.3 is 4.74 Å². The lowest BCUT2D eigenvalue weighted by molar-refractivity contribution is -0.384. The average Bonchev–Trinajstić information content (AvgIpc) is 2.63. The molecule has 0 bridgehead atoms. The Morgan fingerprint density at radius 3 is 2.38 bits per heavy atom. The van der Waals surface area contributed by atoms with Crippen LogP contribution < -0.4 is 10.1 Å². The Kier molecular flexibility index (Phi) is 6.38. The molecule has 2 aromatic rings. The summed E-state index contributed by atoms with van der Waals surface area (Å²) in [4.78, 5) is 37.5. The normalized spacial score (nSPS) is 10.3. The van der Waals surface area contributed by atoms with E-state index in [4.69, 9.17) is 4.74 Å². The molecule has 0 aliphatic carbocycles. The zero-order chi connectivity index (χ0) is 18.9. The van der Waals surface area contributed by atoms with Gasteiger partial charge in [-0.2, -0.15) is 0 Å². The van der Waals surface area contributed by atoms with Gasteiger partial charge in [-0.3, -0.25) is 25.1 Å². The van der Waals surface area contributed by atoms with Gasteiger partial charge in [0.25, 0.3) is 5.69 Å². The minimum atomic E-state index is -0.818. The minimum absolute atomic E-state index is 0.0473. The highest BCUT2D eigenvalue weighted by Crippen LogP contribution is 2.16. The largest absolute Gasteiger partial charge is 0.437 e. The van der Waals surface area contributed by atoms with Gasteiger partial charge in [-0.15, -0.1) is 0 Å². The molecule has 0 saturated carbocycles. The van der Waals surface area contributed by atoms with E-state index in [-0.39, 0.29) is 18.1 Å². The van der Waals surface area contributed by atoms with Gasteiger partial charge in [-0.05, 0) is 42.0 Å². The number of carbonyl (C=O) groups is 2. The number of hydrogen-bond acceptors (Lipinski definition) is 7. The van der Waals surface area contributed by atoms with Crippen LogP contribution in [0.25, 0.3) is 0 Å². The molecule has 0 atom stereocenters. The predicted octanol–water partition coefficient (Wildman–Crippen LogP) is 3.49. The standard InChI is InChI=1S/C17H15N3O6/c1-2-16(21)25-15-9-5-13(6-10-15)19-17(22)26-18-11-12-3-7-14(8-4-12)20(23)24/h3-11H,2H2,1H3,(H,19,22)/b18-11+. The van der Waals surface area contributed by atoms with Crippen molar-refractivity contribution in [3.63, 3.8) is 0 Å². The van der Waals surface area contributed by atoms with E-state index in [0.29, 0.717) is 17.0 Å². The SMILES string of the molecule is CCC(=O)Oc1ccc(NC(=O)O/N=C/c2ccc([N+](=O)[O-])cc2)cc1. The van der Waals surface area contributed by atoms with Crippen molar-refractivity contribution in [2.24, 2.45) is 5.16 Å². The van der Waals surface area contributed by atoms with Crippen LogP contribution in [0.2, 0.25) is 0 Å². The maximum atomic E-state index is 11.6. The number of carbonyl (C=O) groups excluding carboxylic acids is 2. The van der Waals surface area contributed by atoms with Gasteiger partial charge >= 0.3 is 12.1 Å². The highest BCUT2D eigenvalue weighted by Gasteiger charge is 2.05. The Bertz CT molecular complexity index is 815. The number of non-ortho nitro benzene ring substituents is 1. The van der Waals surface area contributed by atoms with E-state index in [1.54, 1.807) is 19.1 Å². The first-order chi connectivity index (χ1) is 12.5. The molecule has 1 N–H and O–H groups in total. The molecule has 0 unspecified atom stereocenters. The van der Waals surface area contributed by atoms with Crippen LogP contribution in [0.5, 0.6) is 5.75 Å². The summed E-state index contributed by atoms with van der Waals surface area (Å²) in [5.41, 5.74) is 0.913. The fourth-order valence-corrected chi connectivity index (χ4v) is 1.77. The van der Waals surface area contributed by atoms with Gasteiger partial charge in [0.2, 0.25) is 0 Å². The van der Waals surface area contributed by atoms with Crippen LogP contribution >= 0.6 is 0 Å². The third-order valence-corrected chi connectivity index (χ3v) is 3.06. The first-order valence-corrected chi connectivity index (χ1v) is 7.54. The Labute approximate surface area is 148 Å². The average molecular weight is 357 g/mol. The van der Waals surface area contributed by atoms with Crippen molar-refractivity contribution < 1.29 is 24.1 Å². The lowest BCUT2D eigenvalue weighted by Crippen LogP contribution is -2.11. The van der Waals surface area contributed by atoms with Gasteiger partial charge in [0.1, 0.15) is 5.75 Å². The monoisotopic (exact) mass is 357 g/mol. The third kappa shape index (κ3) is 5.71. The number of benzene rings is 2. The lowest BCUT2D eigenvalue weighted by Gasteiger charge is -2.05. The third-order valence-electron chi connectivity index (χ3n) is 3.06. The van der Waals surface area contributed by atoms with Crippen LogP contribution in [-0.2, 0) is 9.63 Å². The number of rotatable bonds is 6. The van der Waals surface area contributed by atoms with Crippen LogP contribution in [0.15, 0.2) is 53.7 Å². The number of anilines is 1. The Morgan fingerprint density at radius 1 is 1.15 bits per heavy atom. The predicted molar refractivity (Wildman–Crippen MR) is 93.2 cm³/mol. The highest BCUT2D eigenvalue weighted by atomic mass is 16.7. The first kappa shape index (κ1) is 18.6. The van der Waals surface area contributed by atoms with Gasteiger partial charge in [0.05, 0.1) is 11.1 Å². The van der Waals surface area contributed by atoms with Crippen LogP contribution in [0, 0.1) is 10.1 Å². The summed E-state index contributed by atoms with van der Waals surface area (Å²) >= 11 is 0. The van der Waals surface area contributed by atoms with Crippen LogP contribution in [-0.4, -0.2) is 23.2 Å². The van der Waals surface area contributed by atoms with E-state index in [1.807, 2.05) is 0 Å². The Balaban J connectivity index is 1.84. The zero-order valence-corrected chi connectivity index (χ0v) is 13.7. The summed E-state index contributed by atoms with van der Waals surface area (Å²) in [5.74, 6) is 0.0117. The molecule has 0 radical (unpaired) electrons. The molecule has 0 aliphatic heterocycles. The molecule has 0 spiro atoms. The topological polar surface area (TPSA) is 120 Å². The maximum Gasteiger partial charge on any atom is 0.437 e. The van der Waals surface area contributed by atoms with E-state index in [2.05, 4.69) is 15.3 Å². The van der Waals surface area contributed by atoms with E-state index in [1.165, 1.54) is 42.6 Å². The van der Waals surface area contributed by atoms with Crippen molar-refractivity contribution in [3.05, 3.63) is 64.2 Å². The highest BCUT2D eigenvalue weighted by molar-refractivity contribution is 5.86. The molecule has 2 aromatic carbocycles. The van der Waals surface area contributed by atoms with E-state index >= 15 is 0 Å². The molecular formula is C17H15N3O6. The van der Waals surface area contributed by atoms with Gasteiger partial charge in [0.15, 0.2) is 0 Å². The Morgan fingerprint density at radius 2 is 1.81 bits per heavy atom. The van der Waals surface area contributed by atoms with Gasteiger partial charge in [-0.25, -0.2) is 4.79 Å². The fourth-order valence-electron chi connectivity index (χ4n) is 1.77. The fraction of sp³-hybridized carbons (Fsp3) is 0.118.